The van der Waals surface area contributed by atoms with Crippen molar-refractivity contribution in [3.05, 3.63) is 83.7 Å². The Labute approximate surface area is 195 Å². The second-order valence-electron chi connectivity index (χ2n) is 8.44. The summed E-state index contributed by atoms with van der Waals surface area (Å²) in [6.45, 7) is 8.46. The van der Waals surface area contributed by atoms with E-state index in [1.165, 1.54) is 0 Å². The van der Waals surface area contributed by atoms with Crippen LogP contribution in [0.25, 0.3) is 11.1 Å². The van der Waals surface area contributed by atoms with Crippen molar-refractivity contribution in [3.8, 4) is 16.9 Å². The normalized spacial score (nSPS) is 15.8. The molecule has 0 unspecified atom stereocenters. The molecule has 33 heavy (non-hydrogen) atoms. The fraction of sp³-hybridized carbons (Fsp3) is 0.333. The first-order valence-corrected chi connectivity index (χ1v) is 11.4. The molecule has 170 valence electrons. The van der Waals surface area contributed by atoms with Crippen LogP contribution in [0.5, 0.6) is 5.75 Å². The highest BCUT2D eigenvalue weighted by Crippen LogP contribution is 2.37. The molecule has 0 bridgehead atoms. The van der Waals surface area contributed by atoms with Crippen LogP contribution in [-0.4, -0.2) is 39.4 Å². The first kappa shape index (κ1) is 22.6. The number of hydrogen-bond acceptors (Lipinski definition) is 5. The molecule has 2 aromatic heterocycles. The van der Waals surface area contributed by atoms with Crippen LogP contribution in [0.1, 0.15) is 58.3 Å². The zero-order valence-electron chi connectivity index (χ0n) is 19.5. The summed E-state index contributed by atoms with van der Waals surface area (Å²) in [7, 11) is 1.64. The van der Waals surface area contributed by atoms with Gasteiger partial charge in [0.25, 0.3) is 5.91 Å². The molecule has 0 spiro atoms. The predicted molar refractivity (Wildman–Crippen MR) is 129 cm³/mol. The number of carbonyl (C=O) groups is 1. The number of methoxy groups -OCH3 is 1. The number of hydrogen-bond donors (Lipinski definition) is 0. The number of piperidine rings is 1. The lowest BCUT2D eigenvalue weighted by atomic mass is 9.92. The molecule has 0 N–H and O–H groups in total. The summed E-state index contributed by atoms with van der Waals surface area (Å²) in [6.07, 6.45) is 10.9. The summed E-state index contributed by atoms with van der Waals surface area (Å²) in [4.78, 5) is 29.3. The van der Waals surface area contributed by atoms with E-state index in [9.17, 15) is 4.79 Å². The third kappa shape index (κ3) is 4.65. The van der Waals surface area contributed by atoms with E-state index in [-0.39, 0.29) is 11.9 Å². The van der Waals surface area contributed by atoms with E-state index in [1.54, 1.807) is 13.3 Å². The van der Waals surface area contributed by atoms with E-state index >= 15 is 0 Å². The van der Waals surface area contributed by atoms with Crippen molar-refractivity contribution in [1.82, 2.24) is 19.9 Å². The van der Waals surface area contributed by atoms with Crippen LogP contribution in [0.2, 0.25) is 0 Å². The minimum atomic E-state index is -0.111. The van der Waals surface area contributed by atoms with Gasteiger partial charge in [-0.25, -0.2) is 9.97 Å². The third-order valence-corrected chi connectivity index (χ3v) is 6.22. The summed E-state index contributed by atoms with van der Waals surface area (Å²) in [5.74, 6) is 1.49. The third-order valence-electron chi connectivity index (χ3n) is 6.22. The van der Waals surface area contributed by atoms with Gasteiger partial charge in [-0.05, 0) is 80.5 Å². The number of aryl methyl sites for hydroxylation is 2. The molecular weight excluding hydrogens is 412 g/mol. The van der Waals surface area contributed by atoms with Gasteiger partial charge in [-0.2, -0.15) is 0 Å². The van der Waals surface area contributed by atoms with E-state index in [0.717, 1.165) is 53.0 Å². The fourth-order valence-electron chi connectivity index (χ4n) is 4.58. The number of nitrogens with zero attached hydrogens (tertiary/aromatic N) is 4. The average Bonchev–Trinajstić information content (AvgIpc) is 2.84. The number of pyridine rings is 1. The van der Waals surface area contributed by atoms with E-state index < -0.39 is 0 Å². The molecule has 0 aliphatic carbocycles. The van der Waals surface area contributed by atoms with Crippen molar-refractivity contribution < 1.29 is 9.53 Å². The molecule has 0 saturated carbocycles. The quantitative estimate of drug-likeness (QED) is 0.487. The molecule has 3 aromatic rings. The summed E-state index contributed by atoms with van der Waals surface area (Å²) in [6, 6.07) is 7.52. The van der Waals surface area contributed by atoms with Gasteiger partial charge in [-0.3, -0.25) is 9.78 Å². The van der Waals surface area contributed by atoms with E-state index in [2.05, 4.69) is 16.5 Å². The smallest absolute Gasteiger partial charge is 0.254 e. The summed E-state index contributed by atoms with van der Waals surface area (Å²) in [5, 5.41) is 0. The Balaban J connectivity index is 1.76. The SMILES string of the molecule is C=CCc1cc(C(=O)N2CCCC[C@H]2c2nc(C)ncc2-c2ccncc2C)ccc1OC. The van der Waals surface area contributed by atoms with E-state index in [1.807, 2.05) is 61.5 Å². The van der Waals surface area contributed by atoms with Gasteiger partial charge in [-0.15, -0.1) is 6.58 Å². The lowest BCUT2D eigenvalue weighted by Gasteiger charge is -2.36. The number of rotatable bonds is 6. The molecule has 1 amide bonds. The lowest BCUT2D eigenvalue weighted by molar-refractivity contribution is 0.0606. The number of allylic oxidation sites excluding steroid dienone is 1. The number of benzene rings is 1. The Hall–Kier alpha value is -3.54. The minimum Gasteiger partial charge on any atom is -0.496 e. The van der Waals surface area contributed by atoms with Gasteiger partial charge in [-0.1, -0.05) is 6.08 Å². The summed E-state index contributed by atoms with van der Waals surface area (Å²) < 4.78 is 5.46. The van der Waals surface area contributed by atoms with Crippen molar-refractivity contribution in [2.24, 2.45) is 0 Å². The van der Waals surface area contributed by atoms with Crippen LogP contribution in [0.15, 0.2) is 55.5 Å². The molecule has 1 saturated heterocycles. The monoisotopic (exact) mass is 442 g/mol. The van der Waals surface area contributed by atoms with E-state index in [4.69, 9.17) is 9.72 Å². The molecule has 1 aliphatic heterocycles. The highest BCUT2D eigenvalue weighted by molar-refractivity contribution is 5.95. The molecular formula is C27H30N4O2. The Morgan fingerprint density at radius 1 is 1.21 bits per heavy atom. The number of carbonyl (C=O) groups excluding carboxylic acids is 1. The van der Waals surface area contributed by atoms with Crippen LogP contribution in [0, 0.1) is 13.8 Å². The Morgan fingerprint density at radius 2 is 2.06 bits per heavy atom. The molecule has 3 heterocycles. The molecule has 4 rings (SSSR count). The molecule has 6 heteroatoms. The van der Waals surface area contributed by atoms with Crippen molar-refractivity contribution in [2.75, 3.05) is 13.7 Å². The van der Waals surface area contributed by atoms with Crippen LogP contribution < -0.4 is 4.74 Å². The van der Waals surface area contributed by atoms with Gasteiger partial charge in [0.15, 0.2) is 0 Å². The van der Waals surface area contributed by atoms with Crippen LogP contribution in [-0.2, 0) is 6.42 Å². The largest absolute Gasteiger partial charge is 0.496 e. The molecule has 1 aromatic carbocycles. The Kier molecular flexibility index (Phi) is 6.82. The van der Waals surface area contributed by atoms with Crippen LogP contribution in [0.4, 0.5) is 0 Å². The second-order valence-corrected chi connectivity index (χ2v) is 8.44. The maximum Gasteiger partial charge on any atom is 0.254 e. The molecule has 1 aliphatic rings. The maximum atomic E-state index is 13.7. The van der Waals surface area contributed by atoms with Crippen molar-refractivity contribution in [3.63, 3.8) is 0 Å². The zero-order valence-corrected chi connectivity index (χ0v) is 19.5. The molecule has 6 nitrogen and oxygen atoms in total. The van der Waals surface area contributed by atoms with Crippen molar-refractivity contribution in [2.45, 2.75) is 45.6 Å². The standard InChI is InChI=1S/C27H30N4O2/c1-5-8-20-15-21(10-11-25(20)33-4)27(32)31-14-7-6-9-24(31)26-23(17-29-19(3)30-26)22-12-13-28-16-18(22)2/h5,10-13,15-17,24H,1,6-9,14H2,2-4H3/t24-/m0/s1. The first-order chi connectivity index (χ1) is 16.0. The molecule has 0 radical (unpaired) electrons. The average molecular weight is 443 g/mol. The fourth-order valence-corrected chi connectivity index (χ4v) is 4.58. The molecule has 1 fully saturated rings. The highest BCUT2D eigenvalue weighted by Gasteiger charge is 2.32. The molecule has 1 atom stereocenters. The lowest BCUT2D eigenvalue weighted by Crippen LogP contribution is -2.39. The maximum absolute atomic E-state index is 13.7. The first-order valence-electron chi connectivity index (χ1n) is 11.4. The zero-order chi connectivity index (χ0) is 23.4. The summed E-state index contributed by atoms with van der Waals surface area (Å²) >= 11 is 0. The predicted octanol–water partition coefficient (Wildman–Crippen LogP) is 5.26. The Bertz CT molecular complexity index is 1170. The van der Waals surface area contributed by atoms with Gasteiger partial charge in [0.05, 0.1) is 18.8 Å². The van der Waals surface area contributed by atoms with Gasteiger partial charge < -0.3 is 9.64 Å². The Morgan fingerprint density at radius 3 is 2.82 bits per heavy atom. The number of aromatic nitrogens is 3. The van der Waals surface area contributed by atoms with Crippen LogP contribution in [0.3, 0.4) is 0 Å². The van der Waals surface area contributed by atoms with Gasteiger partial charge in [0.1, 0.15) is 11.6 Å². The van der Waals surface area contributed by atoms with Gasteiger partial charge in [0, 0.05) is 36.3 Å². The minimum absolute atomic E-state index is 0.0151. The van der Waals surface area contributed by atoms with Gasteiger partial charge >= 0.3 is 0 Å². The van der Waals surface area contributed by atoms with Gasteiger partial charge in [0.2, 0.25) is 0 Å². The second kappa shape index (κ2) is 9.94. The number of likely N-dealkylation sites (tertiary alicyclic amines) is 1. The highest BCUT2D eigenvalue weighted by atomic mass is 16.5. The topological polar surface area (TPSA) is 68.2 Å². The van der Waals surface area contributed by atoms with Crippen molar-refractivity contribution in [1.29, 1.82) is 0 Å². The van der Waals surface area contributed by atoms with Crippen molar-refractivity contribution >= 4 is 5.91 Å². The summed E-state index contributed by atoms with van der Waals surface area (Å²) in [5.41, 5.74) is 5.60. The van der Waals surface area contributed by atoms with Crippen LogP contribution >= 0.6 is 0 Å². The van der Waals surface area contributed by atoms with E-state index in [0.29, 0.717) is 24.4 Å². The number of amides is 1. The number of ether oxygens (including phenoxy) is 1.